The Hall–Kier alpha value is -1.97. The number of aromatic nitrogens is 2. The number of guanidine groups is 1. The number of halogens is 1. The van der Waals surface area contributed by atoms with Gasteiger partial charge in [0.05, 0.1) is 5.69 Å². The predicted molar refractivity (Wildman–Crippen MR) is 125 cm³/mol. The van der Waals surface area contributed by atoms with Crippen LogP contribution >= 0.6 is 24.0 Å². The molecule has 1 aliphatic heterocycles. The summed E-state index contributed by atoms with van der Waals surface area (Å²) in [5.41, 5.74) is 3.76. The van der Waals surface area contributed by atoms with Crippen molar-refractivity contribution in [3.8, 4) is 11.5 Å². The maximum atomic E-state index is 5.53. The first-order chi connectivity index (χ1) is 13.6. The smallest absolute Gasteiger partial charge is 0.231 e. The van der Waals surface area contributed by atoms with E-state index in [1.807, 2.05) is 20.0 Å². The SMILES string of the molecule is CN=C(NCCCn1nc(C)cc1C)NCC1(c2ccc3c(c2)OCO3)CC1.I. The summed E-state index contributed by atoms with van der Waals surface area (Å²) in [5.74, 6) is 2.54. The van der Waals surface area contributed by atoms with Gasteiger partial charge in [-0.3, -0.25) is 9.67 Å². The molecule has 1 saturated carbocycles. The van der Waals surface area contributed by atoms with Gasteiger partial charge in [-0.2, -0.15) is 5.10 Å². The maximum absolute atomic E-state index is 5.53. The second kappa shape index (κ2) is 9.23. The second-order valence-corrected chi connectivity index (χ2v) is 7.70. The number of aryl methyl sites for hydroxylation is 3. The number of hydrogen-bond acceptors (Lipinski definition) is 4. The Balaban J connectivity index is 0.00000240. The fourth-order valence-corrected chi connectivity index (χ4v) is 3.76. The van der Waals surface area contributed by atoms with Gasteiger partial charge in [0.15, 0.2) is 17.5 Å². The molecule has 4 rings (SSSR count). The molecule has 8 heteroatoms. The van der Waals surface area contributed by atoms with Crippen molar-refractivity contribution in [2.75, 3.05) is 26.9 Å². The van der Waals surface area contributed by atoms with E-state index in [0.717, 1.165) is 49.2 Å². The van der Waals surface area contributed by atoms with Crippen LogP contribution in [0.5, 0.6) is 11.5 Å². The Labute approximate surface area is 189 Å². The average molecular weight is 511 g/mol. The Bertz CT molecular complexity index is 876. The van der Waals surface area contributed by atoms with Crippen LogP contribution in [-0.4, -0.2) is 42.7 Å². The molecule has 0 spiro atoms. The summed E-state index contributed by atoms with van der Waals surface area (Å²) in [6.07, 6.45) is 3.35. The van der Waals surface area contributed by atoms with Crippen LogP contribution in [0.3, 0.4) is 0 Å². The lowest BCUT2D eigenvalue weighted by Gasteiger charge is -2.19. The zero-order valence-electron chi connectivity index (χ0n) is 17.3. The molecule has 1 fully saturated rings. The van der Waals surface area contributed by atoms with Crippen LogP contribution in [0.25, 0.3) is 0 Å². The lowest BCUT2D eigenvalue weighted by atomic mass is 9.95. The first kappa shape index (κ1) is 21.7. The number of rotatable bonds is 7. The van der Waals surface area contributed by atoms with Crippen molar-refractivity contribution in [1.29, 1.82) is 0 Å². The van der Waals surface area contributed by atoms with E-state index in [9.17, 15) is 0 Å². The molecule has 7 nitrogen and oxygen atoms in total. The van der Waals surface area contributed by atoms with E-state index in [4.69, 9.17) is 9.47 Å². The summed E-state index contributed by atoms with van der Waals surface area (Å²) in [7, 11) is 1.82. The van der Waals surface area contributed by atoms with E-state index in [2.05, 4.69) is 50.5 Å². The second-order valence-electron chi connectivity index (χ2n) is 7.70. The molecular formula is C21H30IN5O2. The fourth-order valence-electron chi connectivity index (χ4n) is 3.76. The van der Waals surface area contributed by atoms with Crippen molar-refractivity contribution in [3.05, 3.63) is 41.2 Å². The van der Waals surface area contributed by atoms with Gasteiger partial charge in [-0.15, -0.1) is 24.0 Å². The minimum atomic E-state index is 0. The lowest BCUT2D eigenvalue weighted by Crippen LogP contribution is -2.41. The third-order valence-corrected chi connectivity index (χ3v) is 5.60. The molecule has 0 saturated heterocycles. The highest BCUT2D eigenvalue weighted by Crippen LogP contribution is 2.49. The molecule has 2 aromatic rings. The molecule has 2 heterocycles. The number of nitrogens with zero attached hydrogens (tertiary/aromatic N) is 3. The van der Waals surface area contributed by atoms with Gasteiger partial charge in [-0.1, -0.05) is 6.07 Å². The van der Waals surface area contributed by atoms with Crippen LogP contribution in [0.15, 0.2) is 29.3 Å². The average Bonchev–Trinajstić information content (AvgIpc) is 3.21. The number of aliphatic imine (C=N–C) groups is 1. The van der Waals surface area contributed by atoms with Gasteiger partial charge < -0.3 is 20.1 Å². The third kappa shape index (κ3) is 4.96. The highest BCUT2D eigenvalue weighted by molar-refractivity contribution is 14.0. The lowest BCUT2D eigenvalue weighted by molar-refractivity contribution is 0.174. The van der Waals surface area contributed by atoms with E-state index in [1.165, 1.54) is 24.1 Å². The number of benzene rings is 1. The van der Waals surface area contributed by atoms with Gasteiger partial charge >= 0.3 is 0 Å². The van der Waals surface area contributed by atoms with Crippen molar-refractivity contribution in [3.63, 3.8) is 0 Å². The van der Waals surface area contributed by atoms with E-state index in [-0.39, 0.29) is 29.4 Å². The van der Waals surface area contributed by atoms with E-state index >= 15 is 0 Å². The minimum absolute atomic E-state index is 0. The summed E-state index contributed by atoms with van der Waals surface area (Å²) in [6.45, 7) is 7.07. The highest BCUT2D eigenvalue weighted by atomic mass is 127. The maximum Gasteiger partial charge on any atom is 0.231 e. The van der Waals surface area contributed by atoms with Crippen molar-refractivity contribution in [1.82, 2.24) is 20.4 Å². The minimum Gasteiger partial charge on any atom is -0.454 e. The first-order valence-corrected chi connectivity index (χ1v) is 9.95. The van der Waals surface area contributed by atoms with Gasteiger partial charge in [-0.25, -0.2) is 0 Å². The molecule has 0 radical (unpaired) electrons. The molecule has 1 aromatic carbocycles. The summed E-state index contributed by atoms with van der Waals surface area (Å²) in [6, 6.07) is 8.41. The van der Waals surface area contributed by atoms with E-state index < -0.39 is 0 Å². The van der Waals surface area contributed by atoms with Gasteiger partial charge in [0, 0.05) is 37.8 Å². The zero-order chi connectivity index (χ0) is 19.6. The van der Waals surface area contributed by atoms with Gasteiger partial charge in [-0.05, 0) is 56.9 Å². The summed E-state index contributed by atoms with van der Waals surface area (Å²) in [4.78, 5) is 4.36. The number of fused-ring (bicyclic) bond motifs is 1. The number of nitrogens with one attached hydrogen (secondary N) is 2. The third-order valence-electron chi connectivity index (χ3n) is 5.60. The molecular weight excluding hydrogens is 481 g/mol. The fraction of sp³-hybridized carbons (Fsp3) is 0.524. The Kier molecular flexibility index (Phi) is 6.92. The first-order valence-electron chi connectivity index (χ1n) is 9.95. The van der Waals surface area contributed by atoms with Gasteiger partial charge in [0.25, 0.3) is 0 Å². The Morgan fingerprint density at radius 1 is 1.17 bits per heavy atom. The number of hydrogen-bond donors (Lipinski definition) is 2. The molecule has 1 aromatic heterocycles. The van der Waals surface area contributed by atoms with Crippen LogP contribution in [0.4, 0.5) is 0 Å². The van der Waals surface area contributed by atoms with Crippen molar-refractivity contribution in [2.45, 2.75) is 45.1 Å². The molecule has 2 aliphatic rings. The zero-order valence-corrected chi connectivity index (χ0v) is 19.7. The van der Waals surface area contributed by atoms with Crippen molar-refractivity contribution >= 4 is 29.9 Å². The standard InChI is InChI=1S/C21H29N5O2.HI/c1-15-11-16(2)26(25-15)10-4-9-23-20(22-3)24-13-21(7-8-21)17-5-6-18-19(12-17)28-14-27-18;/h5-6,11-12H,4,7-10,13-14H2,1-3H3,(H2,22,23,24);1H. The van der Waals surface area contributed by atoms with Crippen molar-refractivity contribution in [2.24, 2.45) is 4.99 Å². The van der Waals surface area contributed by atoms with Crippen LogP contribution < -0.4 is 20.1 Å². The van der Waals surface area contributed by atoms with Gasteiger partial charge in [0.1, 0.15) is 0 Å². The van der Waals surface area contributed by atoms with E-state index in [1.54, 1.807) is 0 Å². The van der Waals surface area contributed by atoms with Crippen molar-refractivity contribution < 1.29 is 9.47 Å². The Morgan fingerprint density at radius 2 is 1.97 bits per heavy atom. The van der Waals surface area contributed by atoms with Crippen LogP contribution in [0.1, 0.15) is 36.2 Å². The predicted octanol–water partition coefficient (Wildman–Crippen LogP) is 3.13. The monoisotopic (exact) mass is 511 g/mol. The highest BCUT2D eigenvalue weighted by Gasteiger charge is 2.44. The largest absolute Gasteiger partial charge is 0.454 e. The molecule has 0 bridgehead atoms. The molecule has 158 valence electrons. The molecule has 0 unspecified atom stereocenters. The quantitative estimate of drug-likeness (QED) is 0.259. The number of ether oxygens (including phenoxy) is 2. The van der Waals surface area contributed by atoms with E-state index in [0.29, 0.717) is 6.79 Å². The molecule has 2 N–H and O–H groups in total. The molecule has 1 aliphatic carbocycles. The van der Waals surface area contributed by atoms with Crippen LogP contribution in [0, 0.1) is 13.8 Å². The summed E-state index contributed by atoms with van der Waals surface area (Å²) in [5, 5.41) is 11.4. The topological polar surface area (TPSA) is 72.7 Å². The normalized spacial score (nSPS) is 16.3. The summed E-state index contributed by atoms with van der Waals surface area (Å²) >= 11 is 0. The van der Waals surface area contributed by atoms with Crippen LogP contribution in [-0.2, 0) is 12.0 Å². The summed E-state index contributed by atoms with van der Waals surface area (Å²) < 4.78 is 13.0. The van der Waals surface area contributed by atoms with Crippen LogP contribution in [0.2, 0.25) is 0 Å². The molecule has 0 atom stereocenters. The Morgan fingerprint density at radius 3 is 2.66 bits per heavy atom. The molecule has 0 amide bonds. The molecule has 29 heavy (non-hydrogen) atoms. The van der Waals surface area contributed by atoms with Gasteiger partial charge in [0.2, 0.25) is 6.79 Å².